The highest BCUT2D eigenvalue weighted by Gasteiger charge is 2.09. The third kappa shape index (κ3) is 5.09. The van der Waals surface area contributed by atoms with E-state index in [9.17, 15) is 4.79 Å². The molecule has 4 heteroatoms. The first-order valence-corrected chi connectivity index (χ1v) is 8.11. The summed E-state index contributed by atoms with van der Waals surface area (Å²) in [7, 11) is 2.01. The number of rotatable bonds is 7. The van der Waals surface area contributed by atoms with Gasteiger partial charge in [0.25, 0.3) is 5.91 Å². The SMILES string of the molecule is CCCCN(C)c1cc(C(=O)NCc2ccc(C)cc2)ccn1. The lowest BCUT2D eigenvalue weighted by molar-refractivity contribution is 0.0951. The van der Waals surface area contributed by atoms with Gasteiger partial charge in [-0.05, 0) is 31.0 Å². The Morgan fingerprint density at radius 2 is 1.96 bits per heavy atom. The first-order chi connectivity index (χ1) is 11.1. The number of carbonyl (C=O) groups is 1. The molecule has 0 aliphatic rings. The number of hydrogen-bond acceptors (Lipinski definition) is 3. The van der Waals surface area contributed by atoms with Crippen molar-refractivity contribution in [2.75, 3.05) is 18.5 Å². The summed E-state index contributed by atoms with van der Waals surface area (Å²) >= 11 is 0. The fourth-order valence-electron chi connectivity index (χ4n) is 2.27. The lowest BCUT2D eigenvalue weighted by Crippen LogP contribution is -2.24. The summed E-state index contributed by atoms with van der Waals surface area (Å²) < 4.78 is 0. The molecule has 0 spiro atoms. The maximum atomic E-state index is 12.3. The molecule has 0 bridgehead atoms. The molecule has 1 heterocycles. The van der Waals surface area contributed by atoms with Gasteiger partial charge in [-0.2, -0.15) is 0 Å². The molecule has 1 amide bonds. The van der Waals surface area contributed by atoms with Gasteiger partial charge in [0, 0.05) is 31.9 Å². The van der Waals surface area contributed by atoms with Gasteiger partial charge in [-0.3, -0.25) is 4.79 Å². The maximum Gasteiger partial charge on any atom is 0.251 e. The highest BCUT2D eigenvalue weighted by atomic mass is 16.1. The number of carbonyl (C=O) groups excluding carboxylic acids is 1. The standard InChI is InChI=1S/C19H25N3O/c1-4-5-12-22(3)18-13-17(10-11-20-18)19(23)21-14-16-8-6-15(2)7-9-16/h6-11,13H,4-5,12,14H2,1-3H3,(H,21,23). The second-order valence-corrected chi connectivity index (χ2v) is 5.85. The largest absolute Gasteiger partial charge is 0.360 e. The van der Waals surface area contributed by atoms with Crippen molar-refractivity contribution in [1.29, 1.82) is 0 Å². The Hall–Kier alpha value is -2.36. The predicted molar refractivity (Wildman–Crippen MR) is 94.8 cm³/mol. The van der Waals surface area contributed by atoms with Crippen LogP contribution in [0.4, 0.5) is 5.82 Å². The van der Waals surface area contributed by atoms with Crippen LogP contribution in [0.1, 0.15) is 41.3 Å². The molecule has 122 valence electrons. The van der Waals surface area contributed by atoms with Crippen molar-refractivity contribution in [3.05, 3.63) is 59.3 Å². The first kappa shape index (κ1) is 17.0. The van der Waals surface area contributed by atoms with Crippen molar-refractivity contribution < 1.29 is 4.79 Å². The Balaban J connectivity index is 1.97. The van der Waals surface area contributed by atoms with Crippen molar-refractivity contribution in [1.82, 2.24) is 10.3 Å². The average Bonchev–Trinajstić information content (AvgIpc) is 2.59. The molecule has 1 aromatic heterocycles. The van der Waals surface area contributed by atoms with Crippen LogP contribution < -0.4 is 10.2 Å². The van der Waals surface area contributed by atoms with E-state index in [1.165, 1.54) is 5.56 Å². The zero-order chi connectivity index (χ0) is 16.7. The molecule has 0 aliphatic heterocycles. The number of anilines is 1. The minimum absolute atomic E-state index is 0.0712. The molecule has 0 radical (unpaired) electrons. The van der Waals surface area contributed by atoms with E-state index in [0.717, 1.165) is 30.8 Å². The van der Waals surface area contributed by atoms with E-state index in [1.54, 1.807) is 12.3 Å². The molecule has 2 aromatic rings. The fraction of sp³-hybridized carbons (Fsp3) is 0.368. The lowest BCUT2D eigenvalue weighted by Gasteiger charge is -2.18. The highest BCUT2D eigenvalue weighted by Crippen LogP contribution is 2.12. The summed E-state index contributed by atoms with van der Waals surface area (Å²) in [6.07, 6.45) is 3.95. The van der Waals surface area contributed by atoms with E-state index in [4.69, 9.17) is 0 Å². The van der Waals surface area contributed by atoms with Gasteiger partial charge in [-0.15, -0.1) is 0 Å². The van der Waals surface area contributed by atoms with Crippen molar-refractivity contribution in [2.24, 2.45) is 0 Å². The minimum Gasteiger partial charge on any atom is -0.360 e. The first-order valence-electron chi connectivity index (χ1n) is 8.11. The molecular weight excluding hydrogens is 286 g/mol. The monoisotopic (exact) mass is 311 g/mol. The fourth-order valence-corrected chi connectivity index (χ4v) is 2.27. The number of amides is 1. The Morgan fingerprint density at radius 3 is 2.65 bits per heavy atom. The second kappa shape index (κ2) is 8.32. The molecule has 23 heavy (non-hydrogen) atoms. The van der Waals surface area contributed by atoms with Crippen LogP contribution in [-0.4, -0.2) is 24.5 Å². The van der Waals surface area contributed by atoms with E-state index >= 15 is 0 Å². The second-order valence-electron chi connectivity index (χ2n) is 5.85. The van der Waals surface area contributed by atoms with Gasteiger partial charge in [0.05, 0.1) is 0 Å². The molecular formula is C19H25N3O. The third-order valence-electron chi connectivity index (χ3n) is 3.82. The van der Waals surface area contributed by atoms with Gasteiger partial charge >= 0.3 is 0 Å². The number of aryl methyl sites for hydroxylation is 1. The number of hydrogen-bond donors (Lipinski definition) is 1. The maximum absolute atomic E-state index is 12.3. The average molecular weight is 311 g/mol. The van der Waals surface area contributed by atoms with E-state index in [-0.39, 0.29) is 5.91 Å². The highest BCUT2D eigenvalue weighted by molar-refractivity contribution is 5.94. The van der Waals surface area contributed by atoms with Gasteiger partial charge in [0.15, 0.2) is 0 Å². The summed E-state index contributed by atoms with van der Waals surface area (Å²) in [5.74, 6) is 0.763. The number of nitrogens with one attached hydrogen (secondary N) is 1. The van der Waals surface area contributed by atoms with Crippen LogP contribution in [0.15, 0.2) is 42.6 Å². The van der Waals surface area contributed by atoms with Gasteiger partial charge < -0.3 is 10.2 Å². The van der Waals surface area contributed by atoms with Gasteiger partial charge in [0.2, 0.25) is 0 Å². The van der Waals surface area contributed by atoms with Crippen molar-refractivity contribution in [2.45, 2.75) is 33.2 Å². The predicted octanol–water partition coefficient (Wildman–Crippen LogP) is 3.56. The summed E-state index contributed by atoms with van der Waals surface area (Å²) in [6, 6.07) is 11.8. The summed E-state index contributed by atoms with van der Waals surface area (Å²) in [4.78, 5) is 18.7. The van der Waals surface area contributed by atoms with E-state index in [0.29, 0.717) is 12.1 Å². The van der Waals surface area contributed by atoms with Crippen molar-refractivity contribution in [3.63, 3.8) is 0 Å². The number of unbranched alkanes of at least 4 members (excludes halogenated alkanes) is 1. The van der Waals surface area contributed by atoms with Crippen LogP contribution in [0.3, 0.4) is 0 Å². The molecule has 1 N–H and O–H groups in total. The Bertz CT molecular complexity index is 637. The Labute approximate surface area is 138 Å². The minimum atomic E-state index is -0.0712. The van der Waals surface area contributed by atoms with Gasteiger partial charge in [-0.25, -0.2) is 4.98 Å². The van der Waals surface area contributed by atoms with E-state index in [2.05, 4.69) is 41.2 Å². The number of nitrogens with zero attached hydrogens (tertiary/aromatic N) is 2. The number of pyridine rings is 1. The molecule has 0 fully saturated rings. The number of benzene rings is 1. The molecule has 0 atom stereocenters. The van der Waals surface area contributed by atoms with E-state index < -0.39 is 0 Å². The molecule has 0 unspecified atom stereocenters. The van der Waals surface area contributed by atoms with Crippen LogP contribution in [0.25, 0.3) is 0 Å². The van der Waals surface area contributed by atoms with Crippen molar-refractivity contribution >= 4 is 11.7 Å². The number of aromatic nitrogens is 1. The smallest absolute Gasteiger partial charge is 0.251 e. The third-order valence-corrected chi connectivity index (χ3v) is 3.82. The summed E-state index contributed by atoms with van der Waals surface area (Å²) in [6.45, 7) is 5.69. The molecule has 0 aliphatic carbocycles. The lowest BCUT2D eigenvalue weighted by atomic mass is 10.1. The Morgan fingerprint density at radius 1 is 1.22 bits per heavy atom. The quantitative estimate of drug-likeness (QED) is 0.850. The summed E-state index contributed by atoms with van der Waals surface area (Å²) in [5, 5.41) is 2.96. The topological polar surface area (TPSA) is 45.2 Å². The van der Waals surface area contributed by atoms with Crippen LogP contribution in [-0.2, 0) is 6.54 Å². The van der Waals surface area contributed by atoms with E-state index in [1.807, 2.05) is 25.2 Å². The molecule has 4 nitrogen and oxygen atoms in total. The zero-order valence-corrected chi connectivity index (χ0v) is 14.2. The molecule has 2 rings (SSSR count). The molecule has 0 saturated carbocycles. The van der Waals surface area contributed by atoms with Crippen LogP contribution >= 0.6 is 0 Å². The summed E-state index contributed by atoms with van der Waals surface area (Å²) in [5.41, 5.74) is 2.96. The van der Waals surface area contributed by atoms with Crippen molar-refractivity contribution in [3.8, 4) is 0 Å². The Kier molecular flexibility index (Phi) is 6.15. The molecule has 0 saturated heterocycles. The van der Waals surface area contributed by atoms with Gasteiger partial charge in [-0.1, -0.05) is 43.2 Å². The normalized spacial score (nSPS) is 10.4. The van der Waals surface area contributed by atoms with Gasteiger partial charge in [0.1, 0.15) is 5.82 Å². The van der Waals surface area contributed by atoms with Crippen LogP contribution in [0.2, 0.25) is 0 Å². The van der Waals surface area contributed by atoms with Crippen LogP contribution in [0, 0.1) is 6.92 Å². The zero-order valence-electron chi connectivity index (χ0n) is 14.2. The molecule has 1 aromatic carbocycles. The van der Waals surface area contributed by atoms with Crippen LogP contribution in [0.5, 0.6) is 0 Å².